The first kappa shape index (κ1) is 13.7. The summed E-state index contributed by atoms with van der Waals surface area (Å²) >= 11 is 6.00. The number of ketones is 1. The molecule has 2 N–H and O–H groups in total. The van der Waals surface area contributed by atoms with E-state index in [2.05, 4.69) is 0 Å². The van der Waals surface area contributed by atoms with Gasteiger partial charge >= 0.3 is 0 Å². The monoisotopic (exact) mass is 295 g/mol. The summed E-state index contributed by atoms with van der Waals surface area (Å²) in [5.41, 5.74) is 8.44. The molecule has 104 valence electrons. The highest BCUT2D eigenvalue weighted by atomic mass is 35.5. The molecule has 0 unspecified atom stereocenters. The molecule has 0 saturated carbocycles. The molecule has 0 aliphatic rings. The van der Waals surface area contributed by atoms with Crippen molar-refractivity contribution in [1.82, 2.24) is 0 Å². The fraction of sp³-hybridized carbons (Fsp3) is 0.0556. The molecule has 21 heavy (non-hydrogen) atoms. The van der Waals surface area contributed by atoms with Gasteiger partial charge in [0, 0.05) is 21.8 Å². The molecule has 0 amide bonds. The smallest absolute Gasteiger partial charge is 0.196 e. The maximum atomic E-state index is 12.9. The fourth-order valence-electron chi connectivity index (χ4n) is 2.54. The predicted octanol–water partition coefficient (Wildman–Crippen LogP) is 4.61. The highest BCUT2D eigenvalue weighted by molar-refractivity contribution is 6.31. The Morgan fingerprint density at radius 2 is 1.81 bits per heavy atom. The zero-order valence-corrected chi connectivity index (χ0v) is 12.3. The van der Waals surface area contributed by atoms with Gasteiger partial charge in [0.25, 0.3) is 0 Å². The van der Waals surface area contributed by atoms with Crippen LogP contribution in [-0.4, -0.2) is 5.78 Å². The van der Waals surface area contributed by atoms with E-state index in [0.29, 0.717) is 21.8 Å². The highest BCUT2D eigenvalue weighted by Gasteiger charge is 2.17. The number of nitrogens with two attached hydrogens (primary N) is 1. The minimum atomic E-state index is -0.0932. The number of anilines is 1. The van der Waals surface area contributed by atoms with Crippen LogP contribution in [0.3, 0.4) is 0 Å². The van der Waals surface area contributed by atoms with Gasteiger partial charge in [-0.2, -0.15) is 0 Å². The van der Waals surface area contributed by atoms with Crippen molar-refractivity contribution >= 4 is 33.8 Å². The second-order valence-electron chi connectivity index (χ2n) is 5.04. The largest absolute Gasteiger partial charge is 0.398 e. The van der Waals surface area contributed by atoms with E-state index >= 15 is 0 Å². The van der Waals surface area contributed by atoms with Gasteiger partial charge in [-0.25, -0.2) is 0 Å². The van der Waals surface area contributed by atoms with Crippen molar-refractivity contribution in [1.29, 1.82) is 0 Å². The van der Waals surface area contributed by atoms with Crippen LogP contribution in [-0.2, 0) is 0 Å². The maximum absolute atomic E-state index is 12.9. The molecule has 0 radical (unpaired) electrons. The number of hydrogen-bond donors (Lipinski definition) is 1. The molecular formula is C18H14ClNO. The van der Waals surface area contributed by atoms with Crippen LogP contribution in [0, 0.1) is 6.92 Å². The molecule has 0 atom stereocenters. The van der Waals surface area contributed by atoms with E-state index in [1.807, 2.05) is 43.3 Å². The molecule has 0 aliphatic carbocycles. The average Bonchev–Trinajstić information content (AvgIpc) is 2.49. The Bertz CT molecular complexity index is 855. The number of halogens is 1. The Hall–Kier alpha value is -2.32. The molecule has 2 nitrogen and oxygen atoms in total. The first-order valence-electron chi connectivity index (χ1n) is 6.66. The Morgan fingerprint density at radius 3 is 2.62 bits per heavy atom. The molecule has 3 heteroatoms. The van der Waals surface area contributed by atoms with E-state index in [-0.39, 0.29) is 5.78 Å². The first-order valence-corrected chi connectivity index (χ1v) is 7.04. The summed E-state index contributed by atoms with van der Waals surface area (Å²) in [7, 11) is 0. The van der Waals surface area contributed by atoms with Crippen LogP contribution in [0.5, 0.6) is 0 Å². The van der Waals surface area contributed by atoms with Crippen molar-refractivity contribution in [3.8, 4) is 0 Å². The number of hydrogen-bond acceptors (Lipinski definition) is 2. The van der Waals surface area contributed by atoms with Crippen LogP contribution in [0.25, 0.3) is 10.8 Å². The van der Waals surface area contributed by atoms with Crippen molar-refractivity contribution in [3.63, 3.8) is 0 Å². The number of benzene rings is 3. The minimum absolute atomic E-state index is 0.0932. The average molecular weight is 296 g/mol. The van der Waals surface area contributed by atoms with Crippen LogP contribution in [0.15, 0.2) is 54.6 Å². The molecule has 0 aliphatic heterocycles. The van der Waals surface area contributed by atoms with Crippen LogP contribution in [0.4, 0.5) is 5.69 Å². The lowest BCUT2D eigenvalue weighted by molar-refractivity contribution is 0.104. The standard InChI is InChI=1S/C18H14ClNO/c1-11-6-7-12-4-2-3-5-14(12)17(11)18(21)15-10-13(19)8-9-16(15)20/h2-10H,20H2,1H3. The molecule has 3 aromatic carbocycles. The van der Waals surface area contributed by atoms with Crippen LogP contribution < -0.4 is 5.73 Å². The van der Waals surface area contributed by atoms with Gasteiger partial charge in [0.1, 0.15) is 0 Å². The molecule has 0 saturated heterocycles. The van der Waals surface area contributed by atoms with E-state index in [0.717, 1.165) is 16.3 Å². The molecule has 0 fully saturated rings. The van der Waals surface area contributed by atoms with E-state index in [9.17, 15) is 4.79 Å². The van der Waals surface area contributed by atoms with E-state index in [1.165, 1.54) is 0 Å². The molecule has 0 heterocycles. The zero-order valence-electron chi connectivity index (χ0n) is 11.6. The normalized spacial score (nSPS) is 10.8. The summed E-state index contributed by atoms with van der Waals surface area (Å²) in [6.45, 7) is 1.93. The zero-order chi connectivity index (χ0) is 15.0. The van der Waals surface area contributed by atoms with Gasteiger partial charge in [-0.15, -0.1) is 0 Å². The van der Waals surface area contributed by atoms with Gasteiger partial charge in [0.05, 0.1) is 0 Å². The van der Waals surface area contributed by atoms with E-state index in [4.69, 9.17) is 17.3 Å². The minimum Gasteiger partial charge on any atom is -0.398 e. The molecular weight excluding hydrogens is 282 g/mol. The number of nitrogen functional groups attached to an aromatic ring is 1. The third-order valence-electron chi connectivity index (χ3n) is 3.62. The van der Waals surface area contributed by atoms with Crippen LogP contribution >= 0.6 is 11.6 Å². The van der Waals surface area contributed by atoms with Gasteiger partial charge in [0.15, 0.2) is 5.78 Å². The second kappa shape index (κ2) is 5.23. The number of rotatable bonds is 2. The van der Waals surface area contributed by atoms with Gasteiger partial charge in [-0.1, -0.05) is 48.0 Å². The molecule has 0 bridgehead atoms. The molecule has 0 aromatic heterocycles. The Labute approximate surface area is 128 Å². The maximum Gasteiger partial charge on any atom is 0.196 e. The summed E-state index contributed by atoms with van der Waals surface area (Å²) < 4.78 is 0. The highest BCUT2D eigenvalue weighted by Crippen LogP contribution is 2.28. The quantitative estimate of drug-likeness (QED) is 0.554. The van der Waals surface area contributed by atoms with Crippen molar-refractivity contribution in [2.45, 2.75) is 6.92 Å². The topological polar surface area (TPSA) is 43.1 Å². The number of carbonyl (C=O) groups excluding carboxylic acids is 1. The number of fused-ring (bicyclic) bond motifs is 1. The third-order valence-corrected chi connectivity index (χ3v) is 3.86. The number of aryl methyl sites for hydroxylation is 1. The second-order valence-corrected chi connectivity index (χ2v) is 5.48. The predicted molar refractivity (Wildman–Crippen MR) is 88.0 cm³/mol. The molecule has 0 spiro atoms. The van der Waals surface area contributed by atoms with E-state index < -0.39 is 0 Å². The van der Waals surface area contributed by atoms with Crippen molar-refractivity contribution in [2.24, 2.45) is 0 Å². The van der Waals surface area contributed by atoms with Crippen molar-refractivity contribution in [3.05, 3.63) is 76.3 Å². The first-order chi connectivity index (χ1) is 10.1. The van der Waals surface area contributed by atoms with Gasteiger partial charge in [-0.05, 0) is 41.5 Å². The van der Waals surface area contributed by atoms with E-state index in [1.54, 1.807) is 18.2 Å². The number of carbonyl (C=O) groups is 1. The van der Waals surface area contributed by atoms with Crippen LogP contribution in [0.1, 0.15) is 21.5 Å². The summed E-state index contributed by atoms with van der Waals surface area (Å²) in [6.07, 6.45) is 0. The SMILES string of the molecule is Cc1ccc2ccccc2c1C(=O)c1cc(Cl)ccc1N. The molecule has 3 rings (SSSR count). The Kier molecular flexibility index (Phi) is 3.40. The molecule has 3 aromatic rings. The van der Waals surface area contributed by atoms with Crippen LogP contribution in [0.2, 0.25) is 5.02 Å². The van der Waals surface area contributed by atoms with Crippen molar-refractivity contribution < 1.29 is 4.79 Å². The lowest BCUT2D eigenvalue weighted by Crippen LogP contribution is -2.08. The fourth-order valence-corrected chi connectivity index (χ4v) is 2.71. The van der Waals surface area contributed by atoms with Gasteiger partial charge in [0.2, 0.25) is 0 Å². The third kappa shape index (κ3) is 2.39. The van der Waals surface area contributed by atoms with Gasteiger partial charge in [-0.3, -0.25) is 4.79 Å². The summed E-state index contributed by atoms with van der Waals surface area (Å²) in [6, 6.07) is 16.8. The van der Waals surface area contributed by atoms with Gasteiger partial charge < -0.3 is 5.73 Å². The summed E-state index contributed by atoms with van der Waals surface area (Å²) in [4.78, 5) is 12.9. The lowest BCUT2D eigenvalue weighted by Gasteiger charge is -2.11. The summed E-state index contributed by atoms with van der Waals surface area (Å²) in [5.74, 6) is -0.0932. The van der Waals surface area contributed by atoms with Crippen molar-refractivity contribution in [2.75, 3.05) is 5.73 Å². The Morgan fingerprint density at radius 1 is 1.05 bits per heavy atom. The lowest BCUT2D eigenvalue weighted by atomic mass is 9.93. The summed E-state index contributed by atoms with van der Waals surface area (Å²) in [5, 5.41) is 2.47. The Balaban J connectivity index is 2.27.